The largest absolute Gasteiger partial charge is 0.504 e. The number of primary amides is 1. The zero-order valence-electron chi connectivity index (χ0n) is 19.4. The number of piperidine rings is 1. The number of amides is 1. The van der Waals surface area contributed by atoms with Crippen LogP contribution in [-0.4, -0.2) is 42.5 Å². The summed E-state index contributed by atoms with van der Waals surface area (Å²) in [6.07, 6.45) is -0.145. The highest BCUT2D eigenvalue weighted by molar-refractivity contribution is 5.85. The minimum Gasteiger partial charge on any atom is -0.504 e. The minimum atomic E-state index is -0.832. The molecule has 0 bridgehead atoms. The molecule has 1 aliphatic heterocycles. The number of anilines is 1. The highest BCUT2D eigenvalue weighted by Gasteiger charge is 2.26. The van der Waals surface area contributed by atoms with Crippen LogP contribution in [0.25, 0.3) is 22.4 Å². The maximum absolute atomic E-state index is 14.6. The number of phenols is 1. The highest BCUT2D eigenvalue weighted by Crippen LogP contribution is 2.39. The summed E-state index contributed by atoms with van der Waals surface area (Å²) < 4.78 is 24.8. The maximum Gasteiger partial charge on any atom is 0.404 e. The van der Waals surface area contributed by atoms with Gasteiger partial charge in [0.1, 0.15) is 29.9 Å². The van der Waals surface area contributed by atoms with E-state index < -0.39 is 11.9 Å². The predicted molar refractivity (Wildman–Crippen MR) is 129 cm³/mol. The van der Waals surface area contributed by atoms with E-state index in [4.69, 9.17) is 25.5 Å². The fourth-order valence-electron chi connectivity index (χ4n) is 4.23. The second kappa shape index (κ2) is 10.2. The van der Waals surface area contributed by atoms with Gasteiger partial charge in [-0.05, 0) is 35.9 Å². The molecule has 2 aromatic carbocycles. The SMILES string of the molecule is COc1ccc(-c2cc(C#N)c(N3CCC(OC(N)=O)CC3)nc2-c2ccc(C#N)c(F)c2)cc1O. The lowest BCUT2D eigenvalue weighted by atomic mass is 9.96. The van der Waals surface area contributed by atoms with Gasteiger partial charge in [-0.3, -0.25) is 0 Å². The van der Waals surface area contributed by atoms with Crippen LogP contribution in [0.4, 0.5) is 15.0 Å². The van der Waals surface area contributed by atoms with E-state index in [9.17, 15) is 19.6 Å². The minimum absolute atomic E-state index is 0.104. The Morgan fingerprint density at radius 3 is 2.39 bits per heavy atom. The zero-order chi connectivity index (χ0) is 25.8. The van der Waals surface area contributed by atoms with Crippen LogP contribution in [0, 0.1) is 28.5 Å². The van der Waals surface area contributed by atoms with Crippen molar-refractivity contribution in [3.63, 3.8) is 0 Å². The number of carbonyl (C=O) groups is 1. The van der Waals surface area contributed by atoms with E-state index in [0.29, 0.717) is 54.1 Å². The van der Waals surface area contributed by atoms with E-state index in [1.807, 2.05) is 4.90 Å². The average molecular weight is 487 g/mol. The van der Waals surface area contributed by atoms with Gasteiger partial charge in [0.25, 0.3) is 0 Å². The van der Waals surface area contributed by atoms with Gasteiger partial charge in [-0.15, -0.1) is 0 Å². The van der Waals surface area contributed by atoms with Crippen molar-refractivity contribution in [3.05, 3.63) is 59.4 Å². The Kier molecular flexibility index (Phi) is 6.88. The quantitative estimate of drug-likeness (QED) is 0.548. The molecule has 0 aliphatic carbocycles. The van der Waals surface area contributed by atoms with E-state index in [1.54, 1.807) is 30.3 Å². The lowest BCUT2D eigenvalue weighted by Crippen LogP contribution is -2.39. The molecule has 0 unspecified atom stereocenters. The molecule has 0 radical (unpaired) electrons. The summed E-state index contributed by atoms with van der Waals surface area (Å²) in [6.45, 7) is 0.924. The summed E-state index contributed by atoms with van der Waals surface area (Å²) in [5, 5.41) is 29.4. The predicted octanol–water partition coefficient (Wildman–Crippen LogP) is 4.08. The van der Waals surface area contributed by atoms with E-state index in [1.165, 1.54) is 25.3 Å². The molecule has 4 rings (SSSR count). The fraction of sp³-hybridized carbons (Fsp3) is 0.231. The van der Waals surface area contributed by atoms with E-state index in [2.05, 4.69) is 6.07 Å². The first kappa shape index (κ1) is 24.3. The number of methoxy groups -OCH3 is 1. The molecule has 36 heavy (non-hydrogen) atoms. The number of ether oxygens (including phenoxy) is 2. The van der Waals surface area contributed by atoms with Crippen molar-refractivity contribution in [2.24, 2.45) is 5.73 Å². The molecule has 3 aromatic rings. The topological polar surface area (TPSA) is 145 Å². The van der Waals surface area contributed by atoms with Crippen molar-refractivity contribution < 1.29 is 23.8 Å². The molecule has 1 aliphatic rings. The van der Waals surface area contributed by atoms with Crippen LogP contribution >= 0.6 is 0 Å². The van der Waals surface area contributed by atoms with Gasteiger partial charge < -0.3 is 25.2 Å². The van der Waals surface area contributed by atoms with Crippen molar-refractivity contribution in [1.82, 2.24) is 4.98 Å². The van der Waals surface area contributed by atoms with Crippen LogP contribution in [0.1, 0.15) is 24.0 Å². The van der Waals surface area contributed by atoms with E-state index in [-0.39, 0.29) is 28.7 Å². The Balaban J connectivity index is 1.84. The molecule has 1 saturated heterocycles. The smallest absolute Gasteiger partial charge is 0.404 e. The van der Waals surface area contributed by atoms with Gasteiger partial charge in [-0.1, -0.05) is 12.1 Å². The number of aromatic nitrogens is 1. The third kappa shape index (κ3) is 4.84. The molecule has 182 valence electrons. The first-order valence-corrected chi connectivity index (χ1v) is 11.1. The summed E-state index contributed by atoms with van der Waals surface area (Å²) in [7, 11) is 1.43. The van der Waals surface area contributed by atoms with E-state index in [0.717, 1.165) is 0 Å². The van der Waals surface area contributed by atoms with Crippen LogP contribution in [-0.2, 0) is 4.74 Å². The molecule has 0 saturated carbocycles. The fourth-order valence-corrected chi connectivity index (χ4v) is 4.23. The van der Waals surface area contributed by atoms with Crippen molar-refractivity contribution in [1.29, 1.82) is 10.5 Å². The van der Waals surface area contributed by atoms with Gasteiger partial charge >= 0.3 is 6.09 Å². The van der Waals surface area contributed by atoms with Crippen LogP contribution in [0.3, 0.4) is 0 Å². The maximum atomic E-state index is 14.6. The molecule has 1 amide bonds. The lowest BCUT2D eigenvalue weighted by molar-refractivity contribution is 0.0911. The summed E-state index contributed by atoms with van der Waals surface area (Å²) >= 11 is 0. The molecule has 0 spiro atoms. The summed E-state index contributed by atoms with van der Waals surface area (Å²) in [5.74, 6) is -0.131. The first-order valence-electron chi connectivity index (χ1n) is 11.1. The number of benzene rings is 2. The number of rotatable bonds is 5. The molecule has 1 aromatic heterocycles. The Morgan fingerprint density at radius 2 is 1.81 bits per heavy atom. The van der Waals surface area contributed by atoms with Crippen LogP contribution in [0.2, 0.25) is 0 Å². The van der Waals surface area contributed by atoms with E-state index >= 15 is 0 Å². The summed E-state index contributed by atoms with van der Waals surface area (Å²) in [6, 6.07) is 14.5. The highest BCUT2D eigenvalue weighted by atomic mass is 19.1. The number of nitrogens with two attached hydrogens (primary N) is 1. The van der Waals surface area contributed by atoms with Crippen molar-refractivity contribution in [2.45, 2.75) is 18.9 Å². The van der Waals surface area contributed by atoms with Gasteiger partial charge in [-0.25, -0.2) is 14.2 Å². The second-order valence-corrected chi connectivity index (χ2v) is 8.18. The monoisotopic (exact) mass is 487 g/mol. The number of nitrogens with zero attached hydrogens (tertiary/aromatic N) is 4. The Hall–Kier alpha value is -4.83. The second-order valence-electron chi connectivity index (χ2n) is 8.18. The molecule has 9 nitrogen and oxygen atoms in total. The van der Waals surface area contributed by atoms with Crippen molar-refractivity contribution in [3.8, 4) is 46.0 Å². The van der Waals surface area contributed by atoms with Gasteiger partial charge in [0.2, 0.25) is 0 Å². The Bertz CT molecular complexity index is 1400. The molecular formula is C26H22FN5O4. The molecule has 0 atom stereocenters. The zero-order valence-corrected chi connectivity index (χ0v) is 19.4. The number of aromatic hydroxyl groups is 1. The number of halogens is 1. The molecule has 3 N–H and O–H groups in total. The van der Waals surface area contributed by atoms with Gasteiger partial charge in [-0.2, -0.15) is 10.5 Å². The number of pyridine rings is 1. The number of nitriles is 2. The number of carbonyl (C=O) groups excluding carboxylic acids is 1. The molecule has 2 heterocycles. The standard InChI is InChI=1S/C26H22FN5O4/c1-35-23-5-4-15(12-22(23)33)20-10-18(14-29)25(32-8-6-19(7-9-32)36-26(30)34)31-24(20)16-2-3-17(13-28)21(27)11-16/h2-5,10-12,19,33H,6-9H2,1H3,(H2,30,34). The summed E-state index contributed by atoms with van der Waals surface area (Å²) in [5.41, 5.74) is 7.10. The van der Waals surface area contributed by atoms with Crippen molar-refractivity contribution in [2.75, 3.05) is 25.1 Å². The first-order chi connectivity index (χ1) is 17.3. The number of phenolic OH excluding ortho intramolecular Hbond substituents is 1. The Morgan fingerprint density at radius 1 is 1.11 bits per heavy atom. The third-order valence-corrected chi connectivity index (χ3v) is 6.00. The number of hydrogen-bond donors (Lipinski definition) is 2. The van der Waals surface area contributed by atoms with Crippen LogP contribution < -0.4 is 15.4 Å². The van der Waals surface area contributed by atoms with Gasteiger partial charge in [0.15, 0.2) is 11.5 Å². The van der Waals surface area contributed by atoms with Gasteiger partial charge in [0, 0.05) is 37.1 Å². The normalized spacial score (nSPS) is 13.5. The Labute approximate surface area is 206 Å². The van der Waals surface area contributed by atoms with Crippen LogP contribution in [0.5, 0.6) is 11.5 Å². The average Bonchev–Trinajstić information content (AvgIpc) is 2.88. The number of hydrogen-bond acceptors (Lipinski definition) is 8. The van der Waals surface area contributed by atoms with Gasteiger partial charge in [0.05, 0.1) is 23.9 Å². The molecular weight excluding hydrogens is 465 g/mol. The lowest BCUT2D eigenvalue weighted by Gasteiger charge is -2.33. The molecule has 1 fully saturated rings. The third-order valence-electron chi connectivity index (χ3n) is 6.00. The molecule has 10 heteroatoms. The summed E-state index contributed by atoms with van der Waals surface area (Å²) in [4.78, 5) is 17.8. The van der Waals surface area contributed by atoms with Crippen molar-refractivity contribution >= 4 is 11.9 Å². The van der Waals surface area contributed by atoms with Crippen LogP contribution in [0.15, 0.2) is 42.5 Å².